The lowest BCUT2D eigenvalue weighted by Crippen LogP contribution is -2.30. The maximum atomic E-state index is 11.7. The summed E-state index contributed by atoms with van der Waals surface area (Å²) in [5.41, 5.74) is 5.92. The molecule has 0 aliphatic carbocycles. The summed E-state index contributed by atoms with van der Waals surface area (Å²) in [7, 11) is 0. The van der Waals surface area contributed by atoms with Crippen molar-refractivity contribution in [3.63, 3.8) is 0 Å². The van der Waals surface area contributed by atoms with Crippen molar-refractivity contribution in [1.29, 1.82) is 0 Å². The maximum absolute atomic E-state index is 11.7. The molecule has 1 fully saturated rings. The molecule has 6 nitrogen and oxygen atoms in total. The second-order valence-electron chi connectivity index (χ2n) is 3.50. The summed E-state index contributed by atoms with van der Waals surface area (Å²) in [5, 5.41) is 9.79. The molecule has 6 heteroatoms. The van der Waals surface area contributed by atoms with E-state index in [4.69, 9.17) is 5.73 Å². The number of rotatable bonds is 2. The third-order valence-electron chi connectivity index (χ3n) is 2.54. The highest BCUT2D eigenvalue weighted by molar-refractivity contribution is 5.92. The molecular formula is C8H13N5O. The largest absolute Gasteiger partial charge is 0.337 e. The number of amides is 1. The van der Waals surface area contributed by atoms with Crippen LogP contribution in [0.5, 0.6) is 0 Å². The van der Waals surface area contributed by atoms with Crippen molar-refractivity contribution in [2.75, 3.05) is 19.6 Å². The Kier molecular flexibility index (Phi) is 2.45. The van der Waals surface area contributed by atoms with Crippen molar-refractivity contribution in [3.8, 4) is 0 Å². The van der Waals surface area contributed by atoms with Crippen LogP contribution in [0.15, 0.2) is 6.20 Å². The number of hydrogen-bond acceptors (Lipinski definition) is 4. The number of H-pyrrole nitrogens is 1. The zero-order valence-electron chi connectivity index (χ0n) is 7.81. The van der Waals surface area contributed by atoms with Crippen molar-refractivity contribution in [3.05, 3.63) is 11.9 Å². The lowest BCUT2D eigenvalue weighted by molar-refractivity contribution is 0.0782. The topological polar surface area (TPSA) is 87.9 Å². The van der Waals surface area contributed by atoms with Crippen LogP contribution < -0.4 is 5.73 Å². The summed E-state index contributed by atoms with van der Waals surface area (Å²) in [6, 6.07) is 0. The molecular weight excluding hydrogens is 182 g/mol. The molecule has 1 aromatic rings. The van der Waals surface area contributed by atoms with Crippen molar-refractivity contribution >= 4 is 5.91 Å². The van der Waals surface area contributed by atoms with Crippen LogP contribution in [0.1, 0.15) is 16.9 Å². The molecule has 1 aromatic heterocycles. The number of nitrogens with zero attached hydrogens (tertiary/aromatic N) is 3. The first kappa shape index (κ1) is 9.14. The van der Waals surface area contributed by atoms with Gasteiger partial charge in [-0.15, -0.1) is 0 Å². The molecule has 1 amide bonds. The van der Waals surface area contributed by atoms with E-state index < -0.39 is 0 Å². The van der Waals surface area contributed by atoms with Crippen LogP contribution in [0.2, 0.25) is 0 Å². The number of likely N-dealkylation sites (tertiary alicyclic amines) is 1. The Bertz CT molecular complexity index is 310. The number of carbonyl (C=O) groups is 1. The van der Waals surface area contributed by atoms with Gasteiger partial charge >= 0.3 is 0 Å². The van der Waals surface area contributed by atoms with Gasteiger partial charge in [0.15, 0.2) is 5.69 Å². The minimum Gasteiger partial charge on any atom is -0.337 e. The molecule has 0 bridgehead atoms. The Morgan fingerprint density at radius 3 is 3.21 bits per heavy atom. The predicted molar refractivity (Wildman–Crippen MR) is 49.4 cm³/mol. The lowest BCUT2D eigenvalue weighted by atomic mass is 10.1. The molecule has 2 rings (SSSR count). The van der Waals surface area contributed by atoms with E-state index >= 15 is 0 Å². The summed E-state index contributed by atoms with van der Waals surface area (Å²) in [5.74, 6) is 0.376. The minimum absolute atomic E-state index is 0.0605. The average molecular weight is 195 g/mol. The highest BCUT2D eigenvalue weighted by atomic mass is 16.2. The van der Waals surface area contributed by atoms with Crippen LogP contribution >= 0.6 is 0 Å². The van der Waals surface area contributed by atoms with Gasteiger partial charge in [0.25, 0.3) is 5.91 Å². The average Bonchev–Trinajstić information content (AvgIpc) is 2.88. The zero-order valence-corrected chi connectivity index (χ0v) is 7.81. The summed E-state index contributed by atoms with van der Waals surface area (Å²) >= 11 is 0. The van der Waals surface area contributed by atoms with Crippen molar-refractivity contribution in [2.24, 2.45) is 11.7 Å². The van der Waals surface area contributed by atoms with E-state index in [1.165, 1.54) is 6.20 Å². The monoisotopic (exact) mass is 195 g/mol. The molecule has 1 aliphatic heterocycles. The fourth-order valence-corrected chi connectivity index (χ4v) is 1.68. The van der Waals surface area contributed by atoms with Crippen LogP contribution in [0, 0.1) is 5.92 Å². The summed E-state index contributed by atoms with van der Waals surface area (Å²) in [6.45, 7) is 2.15. The van der Waals surface area contributed by atoms with Crippen LogP contribution in [0.4, 0.5) is 0 Å². The molecule has 1 saturated heterocycles. The van der Waals surface area contributed by atoms with Gasteiger partial charge in [0.05, 0.1) is 6.20 Å². The number of nitrogens with two attached hydrogens (primary N) is 1. The molecule has 0 aromatic carbocycles. The fourth-order valence-electron chi connectivity index (χ4n) is 1.68. The van der Waals surface area contributed by atoms with Gasteiger partial charge in [0.2, 0.25) is 0 Å². The SMILES string of the molecule is NCC1CCN(C(=O)c2cn[nH]n2)C1. The van der Waals surface area contributed by atoms with E-state index in [9.17, 15) is 4.79 Å². The smallest absolute Gasteiger partial charge is 0.276 e. The highest BCUT2D eigenvalue weighted by Gasteiger charge is 2.26. The van der Waals surface area contributed by atoms with E-state index in [0.29, 0.717) is 18.2 Å². The molecule has 0 spiro atoms. The van der Waals surface area contributed by atoms with Crippen LogP contribution in [-0.2, 0) is 0 Å². The van der Waals surface area contributed by atoms with Gasteiger partial charge in [-0.1, -0.05) is 0 Å². The molecule has 1 aliphatic rings. The minimum atomic E-state index is -0.0605. The van der Waals surface area contributed by atoms with Gasteiger partial charge in [0.1, 0.15) is 0 Å². The van der Waals surface area contributed by atoms with Crippen LogP contribution in [-0.4, -0.2) is 45.9 Å². The third-order valence-corrected chi connectivity index (χ3v) is 2.54. The molecule has 0 radical (unpaired) electrons. The number of nitrogens with one attached hydrogen (secondary N) is 1. The fraction of sp³-hybridized carbons (Fsp3) is 0.625. The number of carbonyl (C=O) groups excluding carboxylic acids is 1. The number of aromatic nitrogens is 3. The van der Waals surface area contributed by atoms with E-state index in [1.807, 2.05) is 0 Å². The van der Waals surface area contributed by atoms with Gasteiger partial charge in [-0.2, -0.15) is 15.4 Å². The summed E-state index contributed by atoms with van der Waals surface area (Å²) < 4.78 is 0. The second-order valence-corrected chi connectivity index (χ2v) is 3.50. The first-order valence-corrected chi connectivity index (χ1v) is 4.66. The van der Waals surface area contributed by atoms with Gasteiger partial charge in [-0.3, -0.25) is 4.79 Å². The van der Waals surface area contributed by atoms with Gasteiger partial charge in [-0.05, 0) is 18.9 Å². The Hall–Kier alpha value is -1.43. The van der Waals surface area contributed by atoms with Crippen molar-refractivity contribution in [1.82, 2.24) is 20.3 Å². The molecule has 1 atom stereocenters. The normalized spacial score (nSPS) is 21.5. The second kappa shape index (κ2) is 3.75. The van der Waals surface area contributed by atoms with E-state index in [0.717, 1.165) is 19.5 Å². The Labute approximate surface area is 81.5 Å². The van der Waals surface area contributed by atoms with Gasteiger partial charge in [0, 0.05) is 13.1 Å². The third kappa shape index (κ3) is 1.60. The van der Waals surface area contributed by atoms with Gasteiger partial charge < -0.3 is 10.6 Å². The van der Waals surface area contributed by atoms with Crippen molar-refractivity contribution in [2.45, 2.75) is 6.42 Å². The van der Waals surface area contributed by atoms with E-state index in [1.54, 1.807) is 4.90 Å². The lowest BCUT2D eigenvalue weighted by Gasteiger charge is -2.13. The quantitative estimate of drug-likeness (QED) is 0.648. The molecule has 1 unspecified atom stereocenters. The first-order valence-electron chi connectivity index (χ1n) is 4.66. The number of aromatic amines is 1. The van der Waals surface area contributed by atoms with Crippen molar-refractivity contribution < 1.29 is 4.79 Å². The first-order chi connectivity index (χ1) is 6.81. The molecule has 0 saturated carbocycles. The Morgan fingerprint density at radius 2 is 2.64 bits per heavy atom. The van der Waals surface area contributed by atoms with E-state index in [-0.39, 0.29) is 5.91 Å². The summed E-state index contributed by atoms with van der Waals surface area (Å²) in [6.07, 6.45) is 2.43. The zero-order chi connectivity index (χ0) is 9.97. The Balaban J connectivity index is 2.00. The Morgan fingerprint density at radius 1 is 1.79 bits per heavy atom. The molecule has 14 heavy (non-hydrogen) atoms. The predicted octanol–water partition coefficient (Wildman–Crippen LogP) is -0.774. The standard InChI is InChI=1S/C8H13N5O/c9-3-6-1-2-13(5-6)8(14)7-4-10-12-11-7/h4,6H,1-3,5,9H2,(H,10,11,12). The molecule has 2 heterocycles. The summed E-state index contributed by atoms with van der Waals surface area (Å²) in [4.78, 5) is 13.5. The number of hydrogen-bond donors (Lipinski definition) is 2. The van der Waals surface area contributed by atoms with Crippen LogP contribution in [0.25, 0.3) is 0 Å². The maximum Gasteiger partial charge on any atom is 0.276 e. The molecule has 3 N–H and O–H groups in total. The van der Waals surface area contributed by atoms with Gasteiger partial charge in [-0.25, -0.2) is 0 Å². The molecule has 76 valence electrons. The van der Waals surface area contributed by atoms with E-state index in [2.05, 4.69) is 15.4 Å². The van der Waals surface area contributed by atoms with Crippen LogP contribution in [0.3, 0.4) is 0 Å². The highest BCUT2D eigenvalue weighted by Crippen LogP contribution is 2.16.